The minimum atomic E-state index is -0.143. The quantitative estimate of drug-likeness (QED) is 0.570. The van der Waals surface area contributed by atoms with E-state index in [4.69, 9.17) is 0 Å². The van der Waals surface area contributed by atoms with Gasteiger partial charge in [0.05, 0.1) is 12.2 Å². The summed E-state index contributed by atoms with van der Waals surface area (Å²) in [4.78, 5) is 20.5. The van der Waals surface area contributed by atoms with Crippen molar-refractivity contribution in [2.75, 3.05) is 5.32 Å². The van der Waals surface area contributed by atoms with Crippen molar-refractivity contribution in [1.29, 1.82) is 0 Å². The van der Waals surface area contributed by atoms with E-state index in [1.54, 1.807) is 16.9 Å². The van der Waals surface area contributed by atoms with Crippen LogP contribution in [0.2, 0.25) is 0 Å². The largest absolute Gasteiger partial charge is 0.358 e. The summed E-state index contributed by atoms with van der Waals surface area (Å²) in [6.07, 6.45) is 8.23. The number of amides is 1. The number of hydrogen-bond donors (Lipinski definition) is 2. The molecule has 3 heterocycles. The zero-order valence-electron chi connectivity index (χ0n) is 15.5. The lowest BCUT2D eigenvalue weighted by Gasteiger charge is -2.10. The number of carbonyl (C=O) groups excluding carboxylic acids is 1. The summed E-state index contributed by atoms with van der Waals surface area (Å²) in [7, 11) is 0. The summed E-state index contributed by atoms with van der Waals surface area (Å²) in [6, 6.07) is 13.5. The first-order valence-corrected chi connectivity index (χ1v) is 9.64. The van der Waals surface area contributed by atoms with Crippen LogP contribution in [0.1, 0.15) is 40.2 Å². The molecule has 140 valence electrons. The lowest BCUT2D eigenvalue weighted by molar-refractivity contribution is 0.102. The lowest BCUT2D eigenvalue weighted by atomic mass is 9.95. The van der Waals surface area contributed by atoms with Crippen molar-refractivity contribution in [1.82, 2.24) is 19.7 Å². The fraction of sp³-hybridized carbons (Fsp3) is 0.227. The van der Waals surface area contributed by atoms with E-state index in [-0.39, 0.29) is 5.91 Å². The van der Waals surface area contributed by atoms with Gasteiger partial charge in [-0.3, -0.25) is 14.5 Å². The van der Waals surface area contributed by atoms with E-state index in [9.17, 15) is 4.79 Å². The molecule has 5 rings (SSSR count). The third-order valence-corrected chi connectivity index (χ3v) is 5.29. The molecule has 0 bridgehead atoms. The van der Waals surface area contributed by atoms with Crippen molar-refractivity contribution in [3.8, 4) is 0 Å². The summed E-state index contributed by atoms with van der Waals surface area (Å²) in [5.74, 6) is 0.396. The number of anilines is 1. The van der Waals surface area contributed by atoms with Gasteiger partial charge >= 0.3 is 0 Å². The number of aromatic amines is 1. The Bertz CT molecular complexity index is 1140. The second-order valence-corrected chi connectivity index (χ2v) is 7.22. The maximum atomic E-state index is 12.7. The first-order valence-electron chi connectivity index (χ1n) is 9.64. The van der Waals surface area contributed by atoms with Crippen molar-refractivity contribution < 1.29 is 4.79 Å². The van der Waals surface area contributed by atoms with Crippen molar-refractivity contribution in [2.24, 2.45) is 0 Å². The standard InChI is InChI=1S/C22H21N5O/c28-22(25-21-10-12-27(26-21)14-16-5-3-4-11-23-16)15-8-9-20-18(13-15)17-6-1-2-7-19(17)24-20/h3-5,8-13,24H,1-2,6-7,14H2,(H,25,26,28). The van der Waals surface area contributed by atoms with Gasteiger partial charge in [-0.05, 0) is 61.6 Å². The monoisotopic (exact) mass is 371 g/mol. The molecule has 6 heteroatoms. The van der Waals surface area contributed by atoms with Crippen LogP contribution in [0.4, 0.5) is 5.82 Å². The Balaban J connectivity index is 1.34. The van der Waals surface area contributed by atoms with E-state index in [1.807, 2.05) is 42.6 Å². The Hall–Kier alpha value is -3.41. The predicted molar refractivity (Wildman–Crippen MR) is 108 cm³/mol. The molecule has 4 aromatic rings. The highest BCUT2D eigenvalue weighted by atomic mass is 16.1. The van der Waals surface area contributed by atoms with Crippen LogP contribution in [-0.2, 0) is 19.4 Å². The average molecular weight is 371 g/mol. The van der Waals surface area contributed by atoms with Gasteiger partial charge in [-0.25, -0.2) is 0 Å². The number of carbonyl (C=O) groups is 1. The minimum Gasteiger partial charge on any atom is -0.358 e. The number of H-pyrrole nitrogens is 1. The summed E-state index contributed by atoms with van der Waals surface area (Å²) in [5.41, 5.74) is 5.39. The zero-order chi connectivity index (χ0) is 18.9. The van der Waals surface area contributed by atoms with Gasteiger partial charge in [0.2, 0.25) is 0 Å². The molecule has 1 amide bonds. The minimum absolute atomic E-state index is 0.143. The molecule has 0 aliphatic heterocycles. The van der Waals surface area contributed by atoms with Crippen LogP contribution in [-0.4, -0.2) is 25.7 Å². The molecule has 0 unspecified atom stereocenters. The molecule has 0 saturated heterocycles. The van der Waals surface area contributed by atoms with Crippen molar-refractivity contribution in [3.63, 3.8) is 0 Å². The van der Waals surface area contributed by atoms with Gasteiger partial charge in [-0.15, -0.1) is 0 Å². The molecule has 0 fully saturated rings. The third kappa shape index (κ3) is 3.17. The Labute approximate surface area is 162 Å². The van der Waals surface area contributed by atoms with Crippen LogP contribution < -0.4 is 5.32 Å². The Kier molecular flexibility index (Phi) is 4.16. The number of pyridine rings is 1. The van der Waals surface area contributed by atoms with Crippen LogP contribution in [0.25, 0.3) is 10.9 Å². The average Bonchev–Trinajstić information content (AvgIpc) is 3.32. The first-order chi connectivity index (χ1) is 13.8. The summed E-state index contributed by atoms with van der Waals surface area (Å²) in [6.45, 7) is 0.568. The van der Waals surface area contributed by atoms with Crippen LogP contribution in [0.15, 0.2) is 54.9 Å². The van der Waals surface area contributed by atoms with E-state index < -0.39 is 0 Å². The highest BCUT2D eigenvalue weighted by molar-refractivity contribution is 6.06. The number of nitrogens with zero attached hydrogens (tertiary/aromatic N) is 3. The molecule has 3 aromatic heterocycles. The number of nitrogens with one attached hydrogen (secondary N) is 2. The molecule has 28 heavy (non-hydrogen) atoms. The van der Waals surface area contributed by atoms with Gasteiger partial charge in [-0.2, -0.15) is 5.10 Å². The van der Waals surface area contributed by atoms with E-state index in [0.717, 1.165) is 24.1 Å². The molecule has 1 aromatic carbocycles. The summed E-state index contributed by atoms with van der Waals surface area (Å²) in [5, 5.41) is 8.50. The number of aromatic nitrogens is 4. The fourth-order valence-corrected chi connectivity index (χ4v) is 3.91. The van der Waals surface area contributed by atoms with Gasteiger partial charge in [0.15, 0.2) is 5.82 Å². The molecule has 2 N–H and O–H groups in total. The molecular formula is C22H21N5O. The zero-order valence-corrected chi connectivity index (χ0v) is 15.5. The number of benzene rings is 1. The van der Waals surface area contributed by atoms with Gasteiger partial charge in [0.1, 0.15) is 0 Å². The first kappa shape index (κ1) is 16.7. The molecular weight excluding hydrogens is 350 g/mol. The van der Waals surface area contributed by atoms with Gasteiger partial charge in [0.25, 0.3) is 5.91 Å². The Morgan fingerprint density at radius 3 is 2.96 bits per heavy atom. The smallest absolute Gasteiger partial charge is 0.256 e. The molecule has 0 spiro atoms. The molecule has 0 saturated carbocycles. The van der Waals surface area contributed by atoms with Crippen molar-refractivity contribution in [3.05, 3.63) is 77.4 Å². The van der Waals surface area contributed by atoms with E-state index >= 15 is 0 Å². The van der Waals surface area contributed by atoms with Gasteiger partial charge in [-0.1, -0.05) is 6.07 Å². The van der Waals surface area contributed by atoms with Crippen LogP contribution in [0.3, 0.4) is 0 Å². The topological polar surface area (TPSA) is 75.6 Å². The second kappa shape index (κ2) is 6.96. The van der Waals surface area contributed by atoms with Crippen molar-refractivity contribution in [2.45, 2.75) is 32.2 Å². The summed E-state index contributed by atoms with van der Waals surface area (Å²) < 4.78 is 1.77. The van der Waals surface area contributed by atoms with Crippen LogP contribution in [0, 0.1) is 0 Å². The highest BCUT2D eigenvalue weighted by Crippen LogP contribution is 2.29. The number of hydrogen-bond acceptors (Lipinski definition) is 3. The normalized spacial score (nSPS) is 13.4. The second-order valence-electron chi connectivity index (χ2n) is 7.22. The maximum Gasteiger partial charge on any atom is 0.256 e. The SMILES string of the molecule is O=C(Nc1ccn(Cc2ccccn2)n1)c1ccc2[nH]c3c(c2c1)CCCC3. The predicted octanol–water partition coefficient (Wildman–Crippen LogP) is 3.94. The highest BCUT2D eigenvalue weighted by Gasteiger charge is 2.17. The van der Waals surface area contributed by atoms with Gasteiger partial charge in [0, 0.05) is 40.6 Å². The number of aryl methyl sites for hydroxylation is 2. The van der Waals surface area contributed by atoms with Crippen LogP contribution >= 0.6 is 0 Å². The van der Waals surface area contributed by atoms with Crippen LogP contribution in [0.5, 0.6) is 0 Å². The van der Waals surface area contributed by atoms with Gasteiger partial charge < -0.3 is 10.3 Å². The molecule has 0 radical (unpaired) electrons. The number of fused-ring (bicyclic) bond motifs is 3. The van der Waals surface area contributed by atoms with E-state index in [1.165, 1.54) is 29.5 Å². The third-order valence-electron chi connectivity index (χ3n) is 5.29. The Morgan fingerprint density at radius 2 is 2.07 bits per heavy atom. The summed E-state index contributed by atoms with van der Waals surface area (Å²) >= 11 is 0. The molecule has 6 nitrogen and oxygen atoms in total. The molecule has 0 atom stereocenters. The Morgan fingerprint density at radius 1 is 1.14 bits per heavy atom. The maximum absolute atomic E-state index is 12.7. The van der Waals surface area contributed by atoms with E-state index in [2.05, 4.69) is 20.4 Å². The number of rotatable bonds is 4. The fourth-order valence-electron chi connectivity index (χ4n) is 3.91. The molecule has 1 aliphatic carbocycles. The lowest BCUT2D eigenvalue weighted by Crippen LogP contribution is -2.13. The van der Waals surface area contributed by atoms with E-state index in [0.29, 0.717) is 17.9 Å². The van der Waals surface area contributed by atoms with Crippen molar-refractivity contribution >= 4 is 22.6 Å². The molecule has 1 aliphatic rings.